The summed E-state index contributed by atoms with van der Waals surface area (Å²) in [6, 6.07) is 7.63. The van der Waals surface area contributed by atoms with Crippen LogP contribution in [0.1, 0.15) is 31.9 Å². The zero-order chi connectivity index (χ0) is 19.9. The number of aromatic nitrogens is 1. The summed E-state index contributed by atoms with van der Waals surface area (Å²) in [5.74, 6) is 0.952. The molecule has 0 atom stereocenters. The van der Waals surface area contributed by atoms with Gasteiger partial charge in [-0.05, 0) is 44.5 Å². The second kappa shape index (κ2) is 9.71. The first-order chi connectivity index (χ1) is 12.8. The number of amides is 1. The van der Waals surface area contributed by atoms with Crippen LogP contribution in [-0.4, -0.2) is 30.1 Å². The molecule has 0 aliphatic carbocycles. The van der Waals surface area contributed by atoms with E-state index in [2.05, 4.69) is 31.5 Å². The van der Waals surface area contributed by atoms with Gasteiger partial charge in [-0.1, -0.05) is 22.0 Å². The molecule has 146 valence electrons. The van der Waals surface area contributed by atoms with E-state index in [9.17, 15) is 4.79 Å². The third kappa shape index (κ3) is 6.84. The van der Waals surface area contributed by atoms with Crippen molar-refractivity contribution >= 4 is 21.8 Å². The lowest BCUT2D eigenvalue weighted by Gasteiger charge is -2.21. The van der Waals surface area contributed by atoms with Crippen LogP contribution in [0.4, 0.5) is 0 Å². The number of carbonyl (C=O) groups is 1. The van der Waals surface area contributed by atoms with Gasteiger partial charge in [-0.2, -0.15) is 0 Å². The van der Waals surface area contributed by atoms with E-state index in [1.54, 1.807) is 13.3 Å². The fourth-order valence-corrected chi connectivity index (χ4v) is 2.95. The van der Waals surface area contributed by atoms with Crippen molar-refractivity contribution in [1.29, 1.82) is 0 Å². The van der Waals surface area contributed by atoms with Crippen molar-refractivity contribution in [3.8, 4) is 11.5 Å². The summed E-state index contributed by atoms with van der Waals surface area (Å²) < 4.78 is 12.1. The predicted octanol–water partition coefficient (Wildman–Crippen LogP) is 3.44. The first-order valence-electron chi connectivity index (χ1n) is 8.69. The van der Waals surface area contributed by atoms with E-state index in [0.29, 0.717) is 24.6 Å². The number of methoxy groups -OCH3 is 1. The van der Waals surface area contributed by atoms with Crippen molar-refractivity contribution in [3.05, 3.63) is 52.3 Å². The fourth-order valence-electron chi connectivity index (χ4n) is 2.49. The number of rotatable bonds is 8. The van der Waals surface area contributed by atoms with Gasteiger partial charge in [0.1, 0.15) is 0 Å². The van der Waals surface area contributed by atoms with Crippen LogP contribution in [0.5, 0.6) is 11.5 Å². The second-order valence-electron chi connectivity index (χ2n) is 7.11. The molecule has 0 aliphatic rings. The Kier molecular flexibility index (Phi) is 7.62. The van der Waals surface area contributed by atoms with E-state index in [0.717, 1.165) is 15.6 Å². The maximum atomic E-state index is 12.1. The van der Waals surface area contributed by atoms with Gasteiger partial charge in [-0.25, -0.2) is 0 Å². The summed E-state index contributed by atoms with van der Waals surface area (Å²) >= 11 is 3.56. The highest BCUT2D eigenvalue weighted by atomic mass is 79.9. The Labute approximate surface area is 168 Å². The number of hydrogen-bond acceptors (Lipinski definition) is 5. The Balaban J connectivity index is 2.09. The number of halogens is 1. The lowest BCUT2D eigenvalue weighted by molar-refractivity contribution is -0.124. The van der Waals surface area contributed by atoms with Gasteiger partial charge in [-0.3, -0.25) is 9.78 Å². The van der Waals surface area contributed by atoms with Crippen molar-refractivity contribution in [2.45, 2.75) is 39.4 Å². The highest BCUT2D eigenvalue weighted by Gasteiger charge is 2.18. The van der Waals surface area contributed by atoms with Gasteiger partial charge >= 0.3 is 0 Å². The molecule has 1 heterocycles. The zero-order valence-corrected chi connectivity index (χ0v) is 17.7. The Hall–Kier alpha value is -2.12. The molecule has 0 fully saturated rings. The quantitative estimate of drug-likeness (QED) is 0.664. The average molecular weight is 436 g/mol. The molecule has 6 nitrogen and oxygen atoms in total. The van der Waals surface area contributed by atoms with Gasteiger partial charge in [0, 0.05) is 41.1 Å². The van der Waals surface area contributed by atoms with E-state index in [-0.39, 0.29) is 18.1 Å². The molecule has 2 aromatic rings. The van der Waals surface area contributed by atoms with Crippen LogP contribution < -0.4 is 20.1 Å². The Morgan fingerprint density at radius 2 is 2.00 bits per heavy atom. The molecule has 1 aromatic carbocycles. The van der Waals surface area contributed by atoms with Gasteiger partial charge in [0.15, 0.2) is 18.1 Å². The van der Waals surface area contributed by atoms with E-state index < -0.39 is 0 Å². The number of pyridine rings is 1. The summed E-state index contributed by atoms with van der Waals surface area (Å²) in [6.45, 7) is 6.92. The first-order valence-corrected chi connectivity index (χ1v) is 9.48. The molecule has 0 unspecified atom stereocenters. The Morgan fingerprint density at radius 1 is 1.22 bits per heavy atom. The highest BCUT2D eigenvalue weighted by Crippen LogP contribution is 2.36. The summed E-state index contributed by atoms with van der Waals surface area (Å²) in [6.07, 6.45) is 3.57. The largest absolute Gasteiger partial charge is 0.493 e. The minimum Gasteiger partial charge on any atom is -0.493 e. The number of nitrogens with zero attached hydrogens (tertiary/aromatic N) is 1. The van der Waals surface area contributed by atoms with Gasteiger partial charge in [-0.15, -0.1) is 0 Å². The van der Waals surface area contributed by atoms with Gasteiger partial charge in [0.05, 0.1) is 7.11 Å². The lowest BCUT2D eigenvalue weighted by Crippen LogP contribution is -2.43. The van der Waals surface area contributed by atoms with E-state index in [4.69, 9.17) is 9.47 Å². The Morgan fingerprint density at radius 3 is 2.63 bits per heavy atom. The second-order valence-corrected chi connectivity index (χ2v) is 7.96. The third-order valence-electron chi connectivity index (χ3n) is 3.60. The number of benzene rings is 1. The van der Waals surface area contributed by atoms with Crippen molar-refractivity contribution in [2.24, 2.45) is 0 Å². The molecule has 0 aliphatic heterocycles. The first kappa shape index (κ1) is 21.2. The van der Waals surface area contributed by atoms with Crippen LogP contribution in [0.2, 0.25) is 0 Å². The molecule has 2 N–H and O–H groups in total. The monoisotopic (exact) mass is 435 g/mol. The lowest BCUT2D eigenvalue weighted by atomic mass is 10.1. The molecule has 2 rings (SSSR count). The van der Waals surface area contributed by atoms with Gasteiger partial charge < -0.3 is 20.1 Å². The number of carbonyl (C=O) groups excluding carboxylic acids is 1. The maximum Gasteiger partial charge on any atom is 0.258 e. The standard InChI is InChI=1S/C20H26BrN3O3/c1-20(2,3)24-18(25)13-27-19-15(16(21)7-8-17(19)26-4)12-23-11-14-6-5-9-22-10-14/h5-10,23H,11-13H2,1-4H3,(H,24,25). The molecule has 27 heavy (non-hydrogen) atoms. The summed E-state index contributed by atoms with van der Waals surface area (Å²) in [5.41, 5.74) is 1.67. The highest BCUT2D eigenvalue weighted by molar-refractivity contribution is 9.10. The SMILES string of the molecule is COc1ccc(Br)c(CNCc2cccnc2)c1OCC(=O)NC(C)(C)C. The van der Waals surface area contributed by atoms with Crippen molar-refractivity contribution in [2.75, 3.05) is 13.7 Å². The van der Waals surface area contributed by atoms with Crippen LogP contribution in [0.25, 0.3) is 0 Å². The van der Waals surface area contributed by atoms with Crippen molar-refractivity contribution in [1.82, 2.24) is 15.6 Å². The van der Waals surface area contributed by atoms with Crippen LogP contribution >= 0.6 is 15.9 Å². The fraction of sp³-hybridized carbons (Fsp3) is 0.400. The van der Waals surface area contributed by atoms with E-state index in [1.165, 1.54) is 0 Å². The van der Waals surface area contributed by atoms with Crippen LogP contribution in [0, 0.1) is 0 Å². The molecule has 7 heteroatoms. The predicted molar refractivity (Wildman–Crippen MR) is 109 cm³/mol. The third-order valence-corrected chi connectivity index (χ3v) is 4.35. The molecule has 1 amide bonds. The van der Waals surface area contributed by atoms with E-state index in [1.807, 2.05) is 51.2 Å². The molecule has 0 saturated carbocycles. The summed E-state index contributed by atoms with van der Waals surface area (Å²) in [7, 11) is 1.58. The molecule has 0 saturated heterocycles. The number of nitrogens with one attached hydrogen (secondary N) is 2. The Bertz CT molecular complexity index is 761. The molecule has 0 radical (unpaired) electrons. The molecular weight excluding hydrogens is 410 g/mol. The van der Waals surface area contributed by atoms with Gasteiger partial charge in [0.25, 0.3) is 5.91 Å². The summed E-state index contributed by atoms with van der Waals surface area (Å²) in [5, 5.41) is 6.26. The molecular formula is C20H26BrN3O3. The number of hydrogen-bond donors (Lipinski definition) is 2. The van der Waals surface area contributed by atoms with Crippen LogP contribution in [-0.2, 0) is 17.9 Å². The minimum absolute atomic E-state index is 0.0836. The van der Waals surface area contributed by atoms with Crippen molar-refractivity contribution < 1.29 is 14.3 Å². The molecule has 0 spiro atoms. The van der Waals surface area contributed by atoms with Crippen molar-refractivity contribution in [3.63, 3.8) is 0 Å². The van der Waals surface area contributed by atoms with Gasteiger partial charge in [0.2, 0.25) is 0 Å². The maximum absolute atomic E-state index is 12.1. The molecule has 1 aromatic heterocycles. The topological polar surface area (TPSA) is 72.5 Å². The normalized spacial score (nSPS) is 11.1. The molecule has 0 bridgehead atoms. The summed E-state index contributed by atoms with van der Waals surface area (Å²) in [4.78, 5) is 16.2. The van der Waals surface area contributed by atoms with Crippen LogP contribution in [0.15, 0.2) is 41.1 Å². The zero-order valence-electron chi connectivity index (χ0n) is 16.1. The average Bonchev–Trinajstić information content (AvgIpc) is 2.61. The smallest absolute Gasteiger partial charge is 0.258 e. The van der Waals surface area contributed by atoms with Crippen LogP contribution in [0.3, 0.4) is 0 Å². The minimum atomic E-state index is -0.310. The number of ether oxygens (including phenoxy) is 2. The van der Waals surface area contributed by atoms with E-state index >= 15 is 0 Å².